The number of carbonyl (C=O) groups excluding carboxylic acids is 1. The van der Waals surface area contributed by atoms with Gasteiger partial charge in [-0.1, -0.05) is 18.3 Å². The van der Waals surface area contributed by atoms with Crippen molar-refractivity contribution in [3.63, 3.8) is 0 Å². The van der Waals surface area contributed by atoms with Crippen LogP contribution in [-0.4, -0.2) is 35.4 Å². The Bertz CT molecular complexity index is 482. The number of hydrogen-bond donors (Lipinski definition) is 2. The Morgan fingerprint density at radius 1 is 1.59 bits per heavy atom. The lowest BCUT2D eigenvalue weighted by molar-refractivity contribution is -0.135. The highest BCUT2D eigenvalue weighted by atomic mass is 32.1. The third kappa shape index (κ3) is 4.20. The summed E-state index contributed by atoms with van der Waals surface area (Å²) in [5.41, 5.74) is 0.625. The number of carbonyl (C=O) groups is 2. The van der Waals surface area contributed by atoms with Crippen LogP contribution in [0.25, 0.3) is 0 Å². The van der Waals surface area contributed by atoms with Gasteiger partial charge in [-0.3, -0.25) is 9.59 Å². The van der Waals surface area contributed by atoms with E-state index in [-0.39, 0.29) is 6.54 Å². The van der Waals surface area contributed by atoms with Crippen LogP contribution in [0.2, 0.25) is 0 Å². The molecule has 0 aromatic carbocycles. The van der Waals surface area contributed by atoms with Gasteiger partial charge in [-0.05, 0) is 18.2 Å². The van der Waals surface area contributed by atoms with Crippen molar-refractivity contribution in [2.45, 2.75) is 0 Å². The topological polar surface area (TPSA) is 73.4 Å². The number of nitrogens with zero attached hydrogens (tertiary/aromatic N) is 1. The zero-order chi connectivity index (χ0) is 12.7. The maximum Gasteiger partial charge on any atom is 0.323 e. The van der Waals surface area contributed by atoms with E-state index in [0.29, 0.717) is 23.2 Å². The monoisotopic (exact) mass is 252 g/mol. The van der Waals surface area contributed by atoms with Crippen molar-refractivity contribution in [1.82, 2.24) is 4.98 Å². The molecule has 6 heteroatoms. The molecule has 0 bridgehead atoms. The fourth-order valence-corrected chi connectivity index (χ4v) is 1.58. The van der Waals surface area contributed by atoms with E-state index in [1.165, 1.54) is 6.08 Å². The number of aromatic nitrogens is 1. The lowest BCUT2D eigenvalue weighted by Gasteiger charge is -2.20. The molecule has 1 aromatic heterocycles. The number of H-pyrrole nitrogens is 1. The van der Waals surface area contributed by atoms with Gasteiger partial charge in [0.15, 0.2) is 0 Å². The van der Waals surface area contributed by atoms with Gasteiger partial charge in [0.1, 0.15) is 17.5 Å². The normalized spacial score (nSPS) is 10.4. The molecule has 0 aliphatic heterocycles. The summed E-state index contributed by atoms with van der Waals surface area (Å²) < 4.78 is 0.466. The molecule has 0 radical (unpaired) electrons. The number of allylic oxidation sites excluding steroid dienone is 1. The smallest absolute Gasteiger partial charge is 0.323 e. The van der Waals surface area contributed by atoms with E-state index in [1.54, 1.807) is 29.3 Å². The van der Waals surface area contributed by atoms with Crippen LogP contribution in [0.15, 0.2) is 30.5 Å². The minimum Gasteiger partial charge on any atom is -0.480 e. The molecule has 17 heavy (non-hydrogen) atoms. The molecule has 90 valence electrons. The summed E-state index contributed by atoms with van der Waals surface area (Å²) in [6.07, 6.45) is 5.22. The van der Waals surface area contributed by atoms with E-state index in [1.807, 2.05) is 0 Å². The Kier molecular flexibility index (Phi) is 5.09. The standard InChI is InChI=1S/C11H12N2O3S/c14-7-2-1-6-13(8-10(15)16)9-4-3-5-12-11(9)17/h1-5,7H,6,8H2,(H,12,17)(H,15,16). The molecule has 0 saturated heterocycles. The molecule has 0 saturated carbocycles. The predicted octanol–water partition coefficient (Wildman–Crippen LogP) is 1.39. The number of aromatic amines is 1. The number of carboxylic acids is 1. The zero-order valence-electron chi connectivity index (χ0n) is 9.00. The van der Waals surface area contributed by atoms with E-state index in [0.717, 1.165) is 0 Å². The van der Waals surface area contributed by atoms with Crippen LogP contribution in [0.5, 0.6) is 0 Å². The molecule has 0 atom stereocenters. The maximum absolute atomic E-state index is 10.7. The van der Waals surface area contributed by atoms with Gasteiger partial charge in [0, 0.05) is 12.7 Å². The summed E-state index contributed by atoms with van der Waals surface area (Å²) >= 11 is 5.08. The highest BCUT2D eigenvalue weighted by Gasteiger charge is 2.10. The summed E-state index contributed by atoms with van der Waals surface area (Å²) in [7, 11) is 0. The zero-order valence-corrected chi connectivity index (χ0v) is 9.81. The Balaban J connectivity index is 2.93. The molecule has 0 spiro atoms. The molecule has 5 nitrogen and oxygen atoms in total. The van der Waals surface area contributed by atoms with Gasteiger partial charge >= 0.3 is 5.97 Å². The molecule has 0 aliphatic carbocycles. The lowest BCUT2D eigenvalue weighted by Crippen LogP contribution is -2.30. The number of anilines is 1. The SMILES string of the molecule is O=CC=CCN(CC(=O)O)c1ccc[nH]c1=S. The number of hydrogen-bond acceptors (Lipinski definition) is 4. The highest BCUT2D eigenvalue weighted by Crippen LogP contribution is 2.13. The maximum atomic E-state index is 10.7. The van der Waals surface area contributed by atoms with Crippen LogP contribution in [0.3, 0.4) is 0 Å². The largest absolute Gasteiger partial charge is 0.480 e. The first-order valence-electron chi connectivity index (χ1n) is 4.90. The van der Waals surface area contributed by atoms with Crippen molar-refractivity contribution in [1.29, 1.82) is 0 Å². The molecular weight excluding hydrogens is 240 g/mol. The van der Waals surface area contributed by atoms with E-state index in [2.05, 4.69) is 4.98 Å². The number of pyridine rings is 1. The molecule has 1 heterocycles. The third-order valence-corrected chi connectivity index (χ3v) is 2.33. The van der Waals surface area contributed by atoms with Crippen LogP contribution in [0, 0.1) is 4.64 Å². The van der Waals surface area contributed by atoms with Gasteiger partial charge in [-0.25, -0.2) is 0 Å². The van der Waals surface area contributed by atoms with Crippen molar-refractivity contribution in [3.05, 3.63) is 35.1 Å². The van der Waals surface area contributed by atoms with Gasteiger partial charge in [0.05, 0.1) is 5.69 Å². The first-order valence-corrected chi connectivity index (χ1v) is 5.30. The molecular formula is C11H12N2O3S. The third-order valence-electron chi connectivity index (χ3n) is 2.00. The van der Waals surface area contributed by atoms with Gasteiger partial charge in [0.25, 0.3) is 0 Å². The van der Waals surface area contributed by atoms with Gasteiger partial charge in [0.2, 0.25) is 0 Å². The Morgan fingerprint density at radius 2 is 2.35 bits per heavy atom. The highest BCUT2D eigenvalue weighted by molar-refractivity contribution is 7.71. The molecule has 1 aromatic rings. The van der Waals surface area contributed by atoms with E-state index < -0.39 is 5.97 Å². The number of aldehydes is 1. The molecule has 2 N–H and O–H groups in total. The summed E-state index contributed by atoms with van der Waals surface area (Å²) in [6, 6.07) is 3.47. The number of rotatable bonds is 6. The predicted molar refractivity (Wildman–Crippen MR) is 66.7 cm³/mol. The summed E-state index contributed by atoms with van der Waals surface area (Å²) in [4.78, 5) is 25.3. The van der Waals surface area contributed by atoms with Crippen LogP contribution in [-0.2, 0) is 9.59 Å². The first-order chi connectivity index (χ1) is 8.15. The summed E-state index contributed by atoms with van der Waals surface area (Å²) in [5.74, 6) is -0.956. The second-order valence-electron chi connectivity index (χ2n) is 3.22. The number of aliphatic carboxylic acids is 1. The Morgan fingerprint density at radius 3 is 2.94 bits per heavy atom. The summed E-state index contributed by atoms with van der Waals surface area (Å²) in [5, 5.41) is 8.81. The molecule has 0 aliphatic rings. The van der Waals surface area contributed by atoms with Crippen molar-refractivity contribution < 1.29 is 14.7 Å². The van der Waals surface area contributed by atoms with Crippen molar-refractivity contribution in [2.24, 2.45) is 0 Å². The van der Waals surface area contributed by atoms with Crippen LogP contribution in [0.4, 0.5) is 5.69 Å². The van der Waals surface area contributed by atoms with E-state index in [4.69, 9.17) is 17.3 Å². The van der Waals surface area contributed by atoms with Gasteiger partial charge in [-0.15, -0.1) is 0 Å². The van der Waals surface area contributed by atoms with E-state index >= 15 is 0 Å². The second-order valence-corrected chi connectivity index (χ2v) is 3.63. The fraction of sp³-hybridized carbons (Fsp3) is 0.182. The number of nitrogens with one attached hydrogen (secondary N) is 1. The van der Waals surface area contributed by atoms with Crippen LogP contribution in [0.1, 0.15) is 0 Å². The molecule has 0 amide bonds. The quantitative estimate of drug-likeness (QED) is 0.454. The van der Waals surface area contributed by atoms with Gasteiger partial charge < -0.3 is 15.0 Å². The minimum atomic E-state index is -0.956. The van der Waals surface area contributed by atoms with Crippen molar-refractivity contribution in [2.75, 3.05) is 18.0 Å². The molecule has 0 unspecified atom stereocenters. The van der Waals surface area contributed by atoms with Crippen molar-refractivity contribution in [3.8, 4) is 0 Å². The number of carboxylic acid groups (broad SMARTS) is 1. The van der Waals surface area contributed by atoms with Crippen molar-refractivity contribution >= 4 is 30.2 Å². The van der Waals surface area contributed by atoms with E-state index in [9.17, 15) is 9.59 Å². The fourth-order valence-electron chi connectivity index (χ4n) is 1.32. The average Bonchev–Trinajstić information content (AvgIpc) is 2.28. The second kappa shape index (κ2) is 6.59. The Hall–Kier alpha value is -1.95. The summed E-state index contributed by atoms with van der Waals surface area (Å²) in [6.45, 7) is 0.136. The average molecular weight is 252 g/mol. The van der Waals surface area contributed by atoms with Gasteiger partial charge in [-0.2, -0.15) is 0 Å². The lowest BCUT2D eigenvalue weighted by atomic mass is 10.3. The molecule has 0 fully saturated rings. The Labute approximate surface area is 103 Å². The molecule has 1 rings (SSSR count). The van der Waals surface area contributed by atoms with Crippen LogP contribution >= 0.6 is 12.2 Å². The minimum absolute atomic E-state index is 0.176. The first kappa shape index (κ1) is 13.1. The van der Waals surface area contributed by atoms with Crippen LogP contribution < -0.4 is 4.90 Å².